The standard InChI is InChI=1S/C15H23ClN4O/c1-18-15(21)10-12(11-17)19-6-8-20(9-7-19)14-5-3-2-4-13(14)16/h2-5,12H,6-11,17H2,1H3,(H,18,21). The lowest BCUT2D eigenvalue weighted by Crippen LogP contribution is -2.53. The van der Waals surface area contributed by atoms with Crippen LogP contribution in [0.2, 0.25) is 5.02 Å². The zero-order chi connectivity index (χ0) is 15.2. The molecule has 1 aromatic rings. The highest BCUT2D eigenvalue weighted by Gasteiger charge is 2.25. The summed E-state index contributed by atoms with van der Waals surface area (Å²) in [4.78, 5) is 16.1. The molecule has 116 valence electrons. The molecule has 2 rings (SSSR count). The van der Waals surface area contributed by atoms with Gasteiger partial charge in [0, 0.05) is 52.2 Å². The predicted molar refractivity (Wildman–Crippen MR) is 86.8 cm³/mol. The molecule has 1 aromatic carbocycles. The van der Waals surface area contributed by atoms with Crippen LogP contribution in [-0.2, 0) is 4.79 Å². The fraction of sp³-hybridized carbons (Fsp3) is 0.533. The van der Waals surface area contributed by atoms with Gasteiger partial charge in [-0.1, -0.05) is 23.7 Å². The fourth-order valence-corrected chi connectivity index (χ4v) is 2.97. The van der Waals surface area contributed by atoms with Crippen molar-refractivity contribution in [2.24, 2.45) is 5.73 Å². The molecule has 1 heterocycles. The van der Waals surface area contributed by atoms with Crippen LogP contribution < -0.4 is 16.0 Å². The third-order valence-corrected chi connectivity index (χ3v) is 4.32. The minimum Gasteiger partial charge on any atom is -0.368 e. The maximum atomic E-state index is 11.5. The van der Waals surface area contributed by atoms with Gasteiger partial charge >= 0.3 is 0 Å². The van der Waals surface area contributed by atoms with Crippen molar-refractivity contribution in [2.45, 2.75) is 12.5 Å². The first-order valence-corrected chi connectivity index (χ1v) is 7.67. The van der Waals surface area contributed by atoms with Gasteiger partial charge < -0.3 is 16.0 Å². The van der Waals surface area contributed by atoms with Crippen molar-refractivity contribution in [2.75, 3.05) is 44.7 Å². The molecular formula is C15H23ClN4O. The number of amides is 1. The molecule has 0 aliphatic carbocycles. The van der Waals surface area contributed by atoms with Gasteiger partial charge in [-0.2, -0.15) is 0 Å². The van der Waals surface area contributed by atoms with Crippen molar-refractivity contribution in [3.05, 3.63) is 29.3 Å². The van der Waals surface area contributed by atoms with Gasteiger partial charge in [0.2, 0.25) is 5.91 Å². The summed E-state index contributed by atoms with van der Waals surface area (Å²) < 4.78 is 0. The smallest absolute Gasteiger partial charge is 0.221 e. The van der Waals surface area contributed by atoms with Gasteiger partial charge in [-0.3, -0.25) is 9.69 Å². The highest BCUT2D eigenvalue weighted by Crippen LogP contribution is 2.26. The van der Waals surface area contributed by atoms with E-state index in [1.807, 2.05) is 24.3 Å². The van der Waals surface area contributed by atoms with E-state index in [1.54, 1.807) is 7.05 Å². The van der Waals surface area contributed by atoms with E-state index < -0.39 is 0 Å². The minimum atomic E-state index is 0.0407. The summed E-state index contributed by atoms with van der Waals surface area (Å²) in [6, 6.07) is 8.01. The Morgan fingerprint density at radius 2 is 2.00 bits per heavy atom. The molecule has 0 aromatic heterocycles. The van der Waals surface area contributed by atoms with Crippen LogP contribution in [-0.4, -0.2) is 56.6 Å². The number of carbonyl (C=O) groups excluding carboxylic acids is 1. The Labute approximate surface area is 131 Å². The van der Waals surface area contributed by atoms with Gasteiger partial charge in [0.25, 0.3) is 0 Å². The first kappa shape index (κ1) is 16.1. The Balaban J connectivity index is 1.93. The van der Waals surface area contributed by atoms with Gasteiger partial charge in [-0.15, -0.1) is 0 Å². The lowest BCUT2D eigenvalue weighted by molar-refractivity contribution is -0.121. The molecule has 3 N–H and O–H groups in total. The Hall–Kier alpha value is -1.30. The summed E-state index contributed by atoms with van der Waals surface area (Å²) in [7, 11) is 1.66. The third-order valence-electron chi connectivity index (χ3n) is 4.00. The molecule has 0 bridgehead atoms. The van der Waals surface area contributed by atoms with E-state index in [2.05, 4.69) is 15.1 Å². The lowest BCUT2D eigenvalue weighted by atomic mass is 10.1. The number of rotatable bonds is 5. The molecule has 1 aliphatic heterocycles. The van der Waals surface area contributed by atoms with Crippen LogP contribution in [0.4, 0.5) is 5.69 Å². The van der Waals surface area contributed by atoms with E-state index >= 15 is 0 Å². The molecule has 0 saturated carbocycles. The number of hydrogen-bond acceptors (Lipinski definition) is 4. The number of piperazine rings is 1. The molecule has 21 heavy (non-hydrogen) atoms. The first-order chi connectivity index (χ1) is 10.2. The number of hydrogen-bond donors (Lipinski definition) is 2. The zero-order valence-corrected chi connectivity index (χ0v) is 13.1. The Kier molecular flexibility index (Phi) is 5.85. The summed E-state index contributed by atoms with van der Waals surface area (Å²) in [5, 5.41) is 3.45. The number of halogens is 1. The van der Waals surface area contributed by atoms with E-state index in [4.69, 9.17) is 17.3 Å². The van der Waals surface area contributed by atoms with E-state index in [0.717, 1.165) is 36.9 Å². The number of carbonyl (C=O) groups is 1. The number of para-hydroxylation sites is 1. The minimum absolute atomic E-state index is 0.0407. The first-order valence-electron chi connectivity index (χ1n) is 7.30. The SMILES string of the molecule is CNC(=O)CC(CN)N1CCN(c2ccccc2Cl)CC1. The van der Waals surface area contributed by atoms with Crippen LogP contribution in [0, 0.1) is 0 Å². The maximum Gasteiger partial charge on any atom is 0.221 e. The molecule has 1 saturated heterocycles. The lowest BCUT2D eigenvalue weighted by Gasteiger charge is -2.40. The van der Waals surface area contributed by atoms with Crippen LogP contribution in [0.5, 0.6) is 0 Å². The van der Waals surface area contributed by atoms with Crippen LogP contribution in [0.1, 0.15) is 6.42 Å². The topological polar surface area (TPSA) is 61.6 Å². The Morgan fingerprint density at radius 3 is 2.57 bits per heavy atom. The monoisotopic (exact) mass is 310 g/mol. The highest BCUT2D eigenvalue weighted by molar-refractivity contribution is 6.33. The van der Waals surface area contributed by atoms with Crippen LogP contribution in [0.25, 0.3) is 0 Å². The van der Waals surface area contributed by atoms with Crippen LogP contribution in [0.15, 0.2) is 24.3 Å². The van der Waals surface area contributed by atoms with Crippen LogP contribution >= 0.6 is 11.6 Å². The summed E-state index contributed by atoms with van der Waals surface area (Å²) >= 11 is 6.24. The molecule has 1 aliphatic rings. The average molecular weight is 311 g/mol. The quantitative estimate of drug-likeness (QED) is 0.849. The molecule has 1 amide bonds. The third kappa shape index (κ3) is 4.09. The van der Waals surface area contributed by atoms with Gasteiger partial charge in [0.15, 0.2) is 0 Å². The molecule has 6 heteroatoms. The number of nitrogens with one attached hydrogen (secondary N) is 1. The van der Waals surface area contributed by atoms with Gasteiger partial charge in [0.05, 0.1) is 10.7 Å². The number of nitrogens with two attached hydrogens (primary N) is 1. The van der Waals surface area contributed by atoms with E-state index in [9.17, 15) is 4.79 Å². The average Bonchev–Trinajstić information content (AvgIpc) is 2.53. The maximum absolute atomic E-state index is 11.5. The van der Waals surface area contributed by atoms with E-state index in [0.29, 0.717) is 13.0 Å². The Bertz CT molecular complexity index is 474. The van der Waals surface area contributed by atoms with Crippen molar-refractivity contribution in [1.29, 1.82) is 0 Å². The van der Waals surface area contributed by atoms with Crippen LogP contribution in [0.3, 0.4) is 0 Å². The molecule has 1 unspecified atom stereocenters. The van der Waals surface area contributed by atoms with Crippen molar-refractivity contribution in [1.82, 2.24) is 10.2 Å². The number of nitrogens with zero attached hydrogens (tertiary/aromatic N) is 2. The number of benzene rings is 1. The molecule has 1 fully saturated rings. The summed E-state index contributed by atoms with van der Waals surface area (Å²) in [6.45, 7) is 4.08. The second kappa shape index (κ2) is 7.64. The molecule has 0 spiro atoms. The summed E-state index contributed by atoms with van der Waals surface area (Å²) in [5.41, 5.74) is 6.90. The van der Waals surface area contributed by atoms with Gasteiger partial charge in [0.1, 0.15) is 0 Å². The van der Waals surface area contributed by atoms with E-state index in [-0.39, 0.29) is 11.9 Å². The van der Waals surface area contributed by atoms with Gasteiger partial charge in [-0.05, 0) is 12.1 Å². The summed E-state index contributed by atoms with van der Waals surface area (Å²) in [6.07, 6.45) is 0.457. The van der Waals surface area contributed by atoms with Gasteiger partial charge in [-0.25, -0.2) is 0 Å². The molecule has 5 nitrogen and oxygen atoms in total. The normalized spacial score (nSPS) is 17.6. The fourth-order valence-electron chi connectivity index (χ4n) is 2.71. The van der Waals surface area contributed by atoms with Crippen molar-refractivity contribution < 1.29 is 4.79 Å². The largest absolute Gasteiger partial charge is 0.368 e. The molecule has 1 atom stereocenters. The zero-order valence-electron chi connectivity index (χ0n) is 12.4. The second-order valence-electron chi connectivity index (χ2n) is 5.24. The highest BCUT2D eigenvalue weighted by atomic mass is 35.5. The van der Waals surface area contributed by atoms with E-state index in [1.165, 1.54) is 0 Å². The Morgan fingerprint density at radius 1 is 1.33 bits per heavy atom. The van der Waals surface area contributed by atoms with Crippen molar-refractivity contribution in [3.8, 4) is 0 Å². The van der Waals surface area contributed by atoms with Crippen molar-refractivity contribution >= 4 is 23.2 Å². The predicted octanol–water partition coefficient (Wildman–Crippen LogP) is 0.925. The second-order valence-corrected chi connectivity index (χ2v) is 5.65. The molecule has 0 radical (unpaired) electrons. The number of anilines is 1. The molecular weight excluding hydrogens is 288 g/mol. The summed E-state index contributed by atoms with van der Waals surface area (Å²) in [5.74, 6) is 0.0407. The van der Waals surface area contributed by atoms with Crippen molar-refractivity contribution in [3.63, 3.8) is 0 Å².